The average Bonchev–Trinajstić information content (AvgIpc) is 2.51. The Hall–Kier alpha value is 0.0997. The van der Waals surface area contributed by atoms with Crippen LogP contribution in [0.25, 0.3) is 5.57 Å². The Balaban J connectivity index is 0.00000112. The molecule has 0 unspecified atom stereocenters. The van der Waals surface area contributed by atoms with E-state index in [1.165, 1.54) is 0 Å². The number of aromatic nitrogens is 1. The smallest absolute Gasteiger partial charge is 0.253 e. The molecule has 0 spiro atoms. The fraction of sp³-hybridized carbons (Fsp3) is 0.400. The molecule has 2 heterocycles. The maximum atomic E-state index is 11.6. The van der Waals surface area contributed by atoms with Gasteiger partial charge in [-0.2, -0.15) is 0 Å². The molecule has 1 aliphatic heterocycles. The fourth-order valence-electron chi connectivity index (χ4n) is 1.58. The SMILES string of the molecule is CC1=C(c2csc(C)n2)C(=O)NCC1.[Ar]. The van der Waals surface area contributed by atoms with Crippen molar-refractivity contribution in [2.75, 3.05) is 6.54 Å². The molecule has 5 heteroatoms. The molecule has 1 amide bonds. The number of aryl methyl sites for hydroxylation is 1. The van der Waals surface area contributed by atoms with Gasteiger partial charge in [0.1, 0.15) is 0 Å². The van der Waals surface area contributed by atoms with Gasteiger partial charge in [0.05, 0.1) is 16.3 Å². The summed E-state index contributed by atoms with van der Waals surface area (Å²) in [5.74, 6) is 0.0130. The van der Waals surface area contributed by atoms with E-state index in [2.05, 4.69) is 10.3 Å². The third-order valence-electron chi connectivity index (χ3n) is 2.31. The number of carbonyl (C=O) groups is 1. The van der Waals surface area contributed by atoms with Crippen molar-refractivity contribution in [2.24, 2.45) is 0 Å². The van der Waals surface area contributed by atoms with Crippen LogP contribution >= 0.6 is 11.3 Å². The molecule has 0 aromatic carbocycles. The van der Waals surface area contributed by atoms with E-state index < -0.39 is 0 Å². The van der Waals surface area contributed by atoms with Gasteiger partial charge in [0, 0.05) is 49.7 Å². The largest absolute Gasteiger partial charge is 0.352 e. The van der Waals surface area contributed by atoms with E-state index in [4.69, 9.17) is 0 Å². The summed E-state index contributed by atoms with van der Waals surface area (Å²) in [6, 6.07) is 0. The molecular formula is C10H12ArN2OS. The van der Waals surface area contributed by atoms with E-state index >= 15 is 0 Å². The summed E-state index contributed by atoms with van der Waals surface area (Å²) in [5.41, 5.74) is 2.72. The molecular weight excluding hydrogens is 236 g/mol. The number of carbonyl (C=O) groups excluding carboxylic acids is 1. The van der Waals surface area contributed by atoms with Gasteiger partial charge in [0.2, 0.25) is 0 Å². The van der Waals surface area contributed by atoms with Crippen molar-refractivity contribution in [3.63, 3.8) is 0 Å². The minimum Gasteiger partial charge on any atom is -0.352 e. The van der Waals surface area contributed by atoms with Crippen LogP contribution in [0.15, 0.2) is 11.0 Å². The molecule has 15 heavy (non-hydrogen) atoms. The molecule has 0 saturated carbocycles. The zero-order valence-corrected chi connectivity index (χ0v) is 10.1. The van der Waals surface area contributed by atoms with Crippen molar-refractivity contribution in [3.8, 4) is 0 Å². The zero-order chi connectivity index (χ0) is 10.1. The maximum Gasteiger partial charge on any atom is 0.253 e. The fourth-order valence-corrected chi connectivity index (χ4v) is 2.19. The molecule has 1 aliphatic rings. The van der Waals surface area contributed by atoms with E-state index in [0.29, 0.717) is 0 Å². The Morgan fingerprint density at radius 3 is 2.73 bits per heavy atom. The number of nitrogens with zero attached hydrogens (tertiary/aromatic N) is 1. The Morgan fingerprint density at radius 1 is 1.47 bits per heavy atom. The van der Waals surface area contributed by atoms with Gasteiger partial charge in [-0.05, 0) is 20.3 Å². The van der Waals surface area contributed by atoms with E-state index in [1.54, 1.807) is 11.3 Å². The number of nitrogens with one attached hydrogen (secondary N) is 1. The van der Waals surface area contributed by atoms with Crippen LogP contribution in [0, 0.1) is 44.7 Å². The number of amides is 1. The Labute approximate surface area is 123 Å². The summed E-state index contributed by atoms with van der Waals surface area (Å²) in [7, 11) is 0. The van der Waals surface area contributed by atoms with Crippen LogP contribution in [0.4, 0.5) is 0 Å². The summed E-state index contributed by atoms with van der Waals surface area (Å²) in [6.07, 6.45) is 0.928. The standard InChI is InChI=1S/C10H12N2OS.Ar/c1-6-3-4-11-10(13)9(6)8-5-14-7(2)12-8;/h5H,3-4H2,1-2H3,(H,11,13);. The monoisotopic (exact) mass is 248 g/mol. The first-order chi connectivity index (χ1) is 6.68. The topological polar surface area (TPSA) is 42.0 Å². The van der Waals surface area contributed by atoms with Gasteiger partial charge in [-0.1, -0.05) is 5.57 Å². The molecule has 82 valence electrons. The van der Waals surface area contributed by atoms with Gasteiger partial charge in [0.15, 0.2) is 0 Å². The van der Waals surface area contributed by atoms with Crippen LogP contribution in [-0.4, -0.2) is 17.4 Å². The molecule has 1 aromatic heterocycles. The summed E-state index contributed by atoms with van der Waals surface area (Å²) in [6.45, 7) is 4.70. The van der Waals surface area contributed by atoms with Gasteiger partial charge >= 0.3 is 0 Å². The Morgan fingerprint density at radius 2 is 2.20 bits per heavy atom. The molecule has 0 atom stereocenters. The average molecular weight is 248 g/mol. The quantitative estimate of drug-likeness (QED) is 0.822. The minimum atomic E-state index is 0. The Kier molecular flexibility index (Phi) is 4.77. The van der Waals surface area contributed by atoms with Gasteiger partial charge in [-0.3, -0.25) is 4.79 Å². The maximum absolute atomic E-state index is 11.6. The molecule has 1 aromatic rings. The molecule has 1 N–H and O–H groups in total. The molecule has 0 fully saturated rings. The van der Waals surface area contributed by atoms with Crippen LogP contribution in [-0.2, 0) is 4.79 Å². The van der Waals surface area contributed by atoms with E-state index in [9.17, 15) is 4.79 Å². The van der Waals surface area contributed by atoms with Crippen molar-refractivity contribution in [1.29, 1.82) is 0 Å². The van der Waals surface area contributed by atoms with Crippen molar-refractivity contribution in [2.45, 2.75) is 20.3 Å². The van der Waals surface area contributed by atoms with Crippen LogP contribution in [0.3, 0.4) is 0 Å². The van der Waals surface area contributed by atoms with Crippen LogP contribution in [0.5, 0.6) is 0 Å². The molecule has 0 bridgehead atoms. The van der Waals surface area contributed by atoms with Crippen molar-refractivity contribution < 1.29 is 42.5 Å². The van der Waals surface area contributed by atoms with Gasteiger partial charge in [-0.15, -0.1) is 11.3 Å². The minimum absolute atomic E-state index is 0. The van der Waals surface area contributed by atoms with Crippen molar-refractivity contribution >= 4 is 22.8 Å². The van der Waals surface area contributed by atoms with E-state index in [0.717, 1.165) is 34.8 Å². The van der Waals surface area contributed by atoms with E-state index in [-0.39, 0.29) is 43.6 Å². The number of rotatable bonds is 1. The molecule has 0 aliphatic carbocycles. The Bertz CT molecular complexity index is 411. The zero-order valence-electron chi connectivity index (χ0n) is 8.61. The normalized spacial score (nSPS) is 16.0. The number of thiazole rings is 1. The van der Waals surface area contributed by atoms with E-state index in [1.807, 2.05) is 19.2 Å². The summed E-state index contributed by atoms with van der Waals surface area (Å²) < 4.78 is 0. The first-order valence-corrected chi connectivity index (χ1v) is 5.47. The molecule has 3 nitrogen and oxygen atoms in total. The van der Waals surface area contributed by atoms with Gasteiger partial charge < -0.3 is 5.32 Å². The predicted octanol–water partition coefficient (Wildman–Crippen LogP) is 1.74. The number of hydrogen-bond donors (Lipinski definition) is 1. The second-order valence-electron chi connectivity index (χ2n) is 3.41. The summed E-state index contributed by atoms with van der Waals surface area (Å²) in [5, 5.41) is 5.78. The predicted molar refractivity (Wildman–Crippen MR) is 57.1 cm³/mol. The van der Waals surface area contributed by atoms with Crippen molar-refractivity contribution in [3.05, 3.63) is 21.7 Å². The first kappa shape index (κ1) is 13.2. The second-order valence-corrected chi connectivity index (χ2v) is 4.48. The van der Waals surface area contributed by atoms with Gasteiger partial charge in [0.25, 0.3) is 5.91 Å². The third kappa shape index (κ3) is 2.81. The molecule has 0 radical (unpaired) electrons. The molecule has 0 saturated heterocycles. The number of hydrogen-bond acceptors (Lipinski definition) is 3. The van der Waals surface area contributed by atoms with Crippen LogP contribution < -0.4 is 5.32 Å². The first-order valence-electron chi connectivity index (χ1n) is 4.59. The summed E-state index contributed by atoms with van der Waals surface area (Å²) in [4.78, 5) is 15.9. The third-order valence-corrected chi connectivity index (χ3v) is 3.09. The van der Waals surface area contributed by atoms with Crippen molar-refractivity contribution in [1.82, 2.24) is 10.3 Å². The summed E-state index contributed by atoms with van der Waals surface area (Å²) >= 11 is 1.58. The molecule has 2 rings (SSSR count). The second kappa shape index (κ2) is 5.43. The van der Waals surface area contributed by atoms with Crippen LogP contribution in [0.1, 0.15) is 24.0 Å². The van der Waals surface area contributed by atoms with Crippen LogP contribution in [0.2, 0.25) is 0 Å². The van der Waals surface area contributed by atoms with Gasteiger partial charge in [-0.25, -0.2) is 4.98 Å².